The largest absolute Gasteiger partial charge is 0.268 e. The Balaban J connectivity index is 1.90. The minimum Gasteiger partial charge on any atom is -0.268 e. The first kappa shape index (κ1) is 21.8. The van der Waals surface area contributed by atoms with Crippen molar-refractivity contribution in [2.75, 3.05) is 6.26 Å². The Labute approximate surface area is 185 Å². The zero-order valence-corrected chi connectivity index (χ0v) is 17.8. The Morgan fingerprint density at radius 3 is 2.31 bits per heavy atom. The molecule has 164 valence electrons. The van der Waals surface area contributed by atoms with Crippen molar-refractivity contribution < 1.29 is 26.4 Å². The third kappa shape index (κ3) is 4.19. The Morgan fingerprint density at radius 1 is 1.00 bits per heavy atom. The average molecular weight is 480 g/mol. The summed E-state index contributed by atoms with van der Waals surface area (Å²) in [5, 5.41) is 4.68. The maximum Gasteiger partial charge on any atom is 0.267 e. The van der Waals surface area contributed by atoms with Crippen LogP contribution in [0.25, 0.3) is 27.8 Å². The number of rotatable bonds is 4. The van der Waals surface area contributed by atoms with Gasteiger partial charge in [0.1, 0.15) is 23.1 Å². The average Bonchev–Trinajstić information content (AvgIpc) is 3.07. The number of hydrogen-bond donors (Lipinski definition) is 1. The van der Waals surface area contributed by atoms with Crippen molar-refractivity contribution in [1.82, 2.24) is 14.5 Å². The molecule has 0 bridgehead atoms. The highest BCUT2D eigenvalue weighted by atomic mass is 35.5. The van der Waals surface area contributed by atoms with Gasteiger partial charge in [-0.2, -0.15) is 5.10 Å². The lowest BCUT2D eigenvalue weighted by Gasteiger charge is -2.10. The maximum atomic E-state index is 14.7. The van der Waals surface area contributed by atoms with Crippen LogP contribution in [-0.4, -0.2) is 30.4 Å². The number of nitrogens with zero attached hydrogens (tertiary/aromatic N) is 2. The van der Waals surface area contributed by atoms with Crippen molar-refractivity contribution in [1.29, 1.82) is 0 Å². The van der Waals surface area contributed by atoms with Gasteiger partial charge in [0, 0.05) is 17.0 Å². The first-order valence-corrected chi connectivity index (χ1v) is 11.3. The minimum atomic E-state index is -3.92. The molecule has 0 aliphatic carbocycles. The molecule has 1 aromatic heterocycles. The second-order valence-electron chi connectivity index (χ2n) is 6.92. The fourth-order valence-corrected chi connectivity index (χ4v) is 3.88. The smallest absolute Gasteiger partial charge is 0.267 e. The van der Waals surface area contributed by atoms with E-state index in [1.807, 2.05) is 0 Å². The third-order valence-corrected chi connectivity index (χ3v) is 5.41. The lowest BCUT2D eigenvalue weighted by Crippen LogP contribution is -2.30. The summed E-state index contributed by atoms with van der Waals surface area (Å²) in [6.07, 6.45) is 0.755. The second-order valence-corrected chi connectivity index (χ2v) is 9.07. The molecule has 0 aliphatic rings. The summed E-state index contributed by atoms with van der Waals surface area (Å²) in [6, 6.07) is 11.1. The highest BCUT2D eigenvalue weighted by Gasteiger charge is 2.21. The van der Waals surface area contributed by atoms with E-state index in [9.17, 15) is 26.4 Å². The molecule has 1 amide bonds. The van der Waals surface area contributed by atoms with E-state index < -0.39 is 38.9 Å². The van der Waals surface area contributed by atoms with Crippen LogP contribution in [0.2, 0.25) is 5.02 Å². The van der Waals surface area contributed by atoms with Crippen LogP contribution >= 0.6 is 11.6 Å². The molecule has 32 heavy (non-hydrogen) atoms. The molecular formula is C21H13ClF3N3O3S. The predicted octanol–water partition coefficient (Wildman–Crippen LogP) is 4.45. The van der Waals surface area contributed by atoms with Crippen LogP contribution in [0, 0.1) is 17.5 Å². The monoisotopic (exact) mass is 479 g/mol. The highest BCUT2D eigenvalue weighted by molar-refractivity contribution is 7.89. The SMILES string of the molecule is CS(=O)(=O)NC(=O)c1cc(Cl)c(-n2nc(-c3ccc(F)cc3)c3cc(F)ccc32)cc1F. The van der Waals surface area contributed by atoms with Crippen molar-refractivity contribution in [3.05, 3.63) is 82.6 Å². The highest BCUT2D eigenvalue weighted by Crippen LogP contribution is 2.33. The van der Waals surface area contributed by atoms with E-state index in [4.69, 9.17) is 11.6 Å². The summed E-state index contributed by atoms with van der Waals surface area (Å²) in [5.74, 6) is -3.22. The molecule has 0 atom stereocenters. The van der Waals surface area contributed by atoms with Gasteiger partial charge in [-0.15, -0.1) is 0 Å². The molecule has 0 aliphatic heterocycles. The van der Waals surface area contributed by atoms with Crippen molar-refractivity contribution >= 4 is 38.4 Å². The van der Waals surface area contributed by atoms with Gasteiger partial charge < -0.3 is 0 Å². The van der Waals surface area contributed by atoms with Gasteiger partial charge in [-0.25, -0.2) is 31.0 Å². The summed E-state index contributed by atoms with van der Waals surface area (Å²) in [7, 11) is -3.92. The van der Waals surface area contributed by atoms with E-state index in [0.29, 0.717) is 22.2 Å². The van der Waals surface area contributed by atoms with E-state index in [-0.39, 0.29) is 10.7 Å². The van der Waals surface area contributed by atoms with Gasteiger partial charge in [0.25, 0.3) is 5.91 Å². The number of aromatic nitrogens is 2. The van der Waals surface area contributed by atoms with Crippen molar-refractivity contribution in [2.45, 2.75) is 0 Å². The molecule has 1 N–H and O–H groups in total. The maximum absolute atomic E-state index is 14.7. The first-order chi connectivity index (χ1) is 15.0. The summed E-state index contributed by atoms with van der Waals surface area (Å²) in [4.78, 5) is 12.1. The van der Waals surface area contributed by atoms with E-state index in [1.165, 1.54) is 47.1 Å². The number of halogens is 4. The third-order valence-electron chi connectivity index (χ3n) is 4.55. The molecule has 0 saturated carbocycles. The molecule has 3 aromatic carbocycles. The quantitative estimate of drug-likeness (QED) is 0.469. The number of carbonyl (C=O) groups excluding carboxylic acids is 1. The summed E-state index contributed by atoms with van der Waals surface area (Å²) >= 11 is 6.28. The van der Waals surface area contributed by atoms with Crippen LogP contribution in [0.15, 0.2) is 54.6 Å². The molecule has 11 heteroatoms. The number of nitrogens with one attached hydrogen (secondary N) is 1. The van der Waals surface area contributed by atoms with Gasteiger partial charge in [-0.1, -0.05) is 11.6 Å². The Morgan fingerprint density at radius 2 is 1.66 bits per heavy atom. The van der Waals surface area contributed by atoms with Crippen LogP contribution < -0.4 is 4.72 Å². The van der Waals surface area contributed by atoms with Crippen LogP contribution in [0.3, 0.4) is 0 Å². The van der Waals surface area contributed by atoms with Crippen LogP contribution in [-0.2, 0) is 10.0 Å². The molecule has 0 spiro atoms. The number of fused-ring (bicyclic) bond motifs is 1. The minimum absolute atomic E-state index is 0.0324. The van der Waals surface area contributed by atoms with E-state index in [2.05, 4.69) is 5.10 Å². The molecule has 4 rings (SSSR count). The van der Waals surface area contributed by atoms with Gasteiger partial charge in [-0.3, -0.25) is 4.79 Å². The molecule has 1 heterocycles. The normalized spacial score (nSPS) is 11.7. The molecule has 0 fully saturated rings. The van der Waals surface area contributed by atoms with Crippen molar-refractivity contribution in [3.63, 3.8) is 0 Å². The number of benzene rings is 3. The summed E-state index contributed by atoms with van der Waals surface area (Å²) in [5.41, 5.74) is 0.618. The fraction of sp³-hybridized carbons (Fsp3) is 0.0476. The number of amides is 1. The molecular weight excluding hydrogens is 467 g/mol. The van der Waals surface area contributed by atoms with Gasteiger partial charge in [0.05, 0.1) is 28.0 Å². The van der Waals surface area contributed by atoms with Crippen LogP contribution in [0.1, 0.15) is 10.4 Å². The lowest BCUT2D eigenvalue weighted by molar-refractivity contribution is 0.0978. The van der Waals surface area contributed by atoms with Gasteiger partial charge in [0.2, 0.25) is 10.0 Å². The predicted molar refractivity (Wildman–Crippen MR) is 114 cm³/mol. The molecule has 6 nitrogen and oxygen atoms in total. The van der Waals surface area contributed by atoms with Crippen molar-refractivity contribution in [3.8, 4) is 16.9 Å². The van der Waals surface area contributed by atoms with E-state index in [0.717, 1.165) is 18.4 Å². The Bertz CT molecular complexity index is 1490. The van der Waals surface area contributed by atoms with Gasteiger partial charge >= 0.3 is 0 Å². The van der Waals surface area contributed by atoms with Crippen LogP contribution in [0.5, 0.6) is 0 Å². The Kier molecular flexibility index (Phi) is 5.43. The second kappa shape index (κ2) is 7.95. The molecule has 0 radical (unpaired) electrons. The van der Waals surface area contributed by atoms with E-state index in [1.54, 1.807) is 4.72 Å². The lowest BCUT2D eigenvalue weighted by atomic mass is 10.1. The standard InChI is InChI=1S/C21H13ClF3N3O3S/c1-32(30,31)27-21(29)14-9-16(22)19(10-17(14)25)28-18-7-6-13(24)8-15(18)20(26-28)11-2-4-12(23)5-3-11/h2-10H,1H3,(H,27,29). The number of carbonyl (C=O) groups is 1. The number of sulfonamides is 1. The zero-order valence-electron chi connectivity index (χ0n) is 16.2. The molecule has 0 unspecified atom stereocenters. The number of hydrogen-bond acceptors (Lipinski definition) is 4. The first-order valence-electron chi connectivity index (χ1n) is 8.99. The van der Waals surface area contributed by atoms with Gasteiger partial charge in [0.15, 0.2) is 0 Å². The van der Waals surface area contributed by atoms with Gasteiger partial charge in [-0.05, 0) is 48.5 Å². The fourth-order valence-electron chi connectivity index (χ4n) is 3.19. The zero-order chi connectivity index (χ0) is 23.2. The topological polar surface area (TPSA) is 81.1 Å². The summed E-state index contributed by atoms with van der Waals surface area (Å²) < 4.78 is 67.5. The Hall–Kier alpha value is -3.37. The molecule has 0 saturated heterocycles. The van der Waals surface area contributed by atoms with Crippen molar-refractivity contribution in [2.24, 2.45) is 0 Å². The van der Waals surface area contributed by atoms with Crippen LogP contribution in [0.4, 0.5) is 13.2 Å². The summed E-state index contributed by atoms with van der Waals surface area (Å²) in [6.45, 7) is 0. The van der Waals surface area contributed by atoms with E-state index >= 15 is 0 Å². The molecule has 4 aromatic rings.